The van der Waals surface area contributed by atoms with Gasteiger partial charge in [-0.05, 0) is 62.7 Å². The highest BCUT2D eigenvalue weighted by molar-refractivity contribution is 5.69. The highest BCUT2D eigenvalue weighted by atomic mass is 19.1. The molecule has 5 atom stereocenters. The van der Waals surface area contributed by atoms with Gasteiger partial charge in [0.05, 0.1) is 5.60 Å². The van der Waals surface area contributed by atoms with E-state index in [1.807, 2.05) is 13.8 Å². The van der Waals surface area contributed by atoms with Gasteiger partial charge in [0, 0.05) is 24.2 Å². The average molecular weight is 473 g/mol. The molecule has 0 aliphatic heterocycles. The average Bonchev–Trinajstić information content (AvgIpc) is 3.15. The van der Waals surface area contributed by atoms with E-state index in [0.29, 0.717) is 24.1 Å². The van der Waals surface area contributed by atoms with E-state index < -0.39 is 17.4 Å². The molecule has 2 heterocycles. The number of H-pyrrole nitrogens is 1. The van der Waals surface area contributed by atoms with Crippen LogP contribution in [0.25, 0.3) is 0 Å². The van der Waals surface area contributed by atoms with Gasteiger partial charge >= 0.3 is 5.97 Å². The molecule has 9 nitrogen and oxygen atoms in total. The van der Waals surface area contributed by atoms with Crippen molar-refractivity contribution in [2.45, 2.75) is 84.0 Å². The predicted molar refractivity (Wildman–Crippen MR) is 124 cm³/mol. The Hall–Kier alpha value is -2.75. The molecule has 6 rings (SSSR count). The zero-order valence-corrected chi connectivity index (χ0v) is 19.9. The molecule has 0 amide bonds. The zero-order valence-electron chi connectivity index (χ0n) is 19.9. The van der Waals surface area contributed by atoms with Crippen LogP contribution in [0.15, 0.2) is 6.07 Å². The number of nitrogens with zero attached hydrogens (tertiary/aromatic N) is 3. The third-order valence-electron chi connectivity index (χ3n) is 7.64. The third kappa shape index (κ3) is 4.35. The first-order chi connectivity index (χ1) is 16.2. The number of carbonyl (C=O) groups is 1. The summed E-state index contributed by atoms with van der Waals surface area (Å²) in [6.45, 7) is 5.67. The Bertz CT molecular complexity index is 1090. The number of aryl methyl sites for hydroxylation is 1. The fraction of sp³-hybridized carbons (Fsp3) is 0.667. The number of anilines is 3. The zero-order chi connectivity index (χ0) is 24.1. The lowest BCUT2D eigenvalue weighted by atomic mass is 9.46. The number of hydrogen-bond donors (Lipinski definition) is 4. The van der Waals surface area contributed by atoms with Gasteiger partial charge in [0.2, 0.25) is 5.95 Å². The first kappa shape index (κ1) is 23.0. The number of aromatic amines is 1. The summed E-state index contributed by atoms with van der Waals surface area (Å²) in [7, 11) is 0. The number of aromatic nitrogens is 4. The van der Waals surface area contributed by atoms with Gasteiger partial charge in [-0.15, -0.1) is 0 Å². The van der Waals surface area contributed by atoms with Crippen molar-refractivity contribution in [1.82, 2.24) is 20.2 Å². The molecule has 4 bridgehead atoms. The van der Waals surface area contributed by atoms with E-state index in [2.05, 4.69) is 37.7 Å². The Morgan fingerprint density at radius 1 is 1.35 bits per heavy atom. The number of aliphatic hydroxyl groups is 1. The second-order valence-corrected chi connectivity index (χ2v) is 10.8. The van der Waals surface area contributed by atoms with Crippen molar-refractivity contribution in [3.63, 3.8) is 0 Å². The van der Waals surface area contributed by atoms with Crippen molar-refractivity contribution >= 4 is 23.6 Å². The van der Waals surface area contributed by atoms with E-state index in [0.717, 1.165) is 37.8 Å². The van der Waals surface area contributed by atoms with Gasteiger partial charge in [0.25, 0.3) is 0 Å². The van der Waals surface area contributed by atoms with Crippen molar-refractivity contribution in [2.75, 3.05) is 10.6 Å². The SMILES string of the molecule is CCCC(=O)OCc1nc(NC2C3CC4CC(O)(C3)CC2(C)C4)nc(Nc2cc(C)[nH]n2)c1F. The maximum Gasteiger partial charge on any atom is 0.306 e. The van der Waals surface area contributed by atoms with E-state index >= 15 is 4.39 Å². The molecule has 5 unspecified atom stereocenters. The first-order valence-electron chi connectivity index (χ1n) is 12.2. The van der Waals surface area contributed by atoms with Gasteiger partial charge in [-0.25, -0.2) is 9.37 Å². The minimum absolute atomic E-state index is 0.00399. The van der Waals surface area contributed by atoms with Crippen LogP contribution < -0.4 is 10.6 Å². The minimum atomic E-state index is -0.680. The van der Waals surface area contributed by atoms with E-state index in [1.54, 1.807) is 6.07 Å². The van der Waals surface area contributed by atoms with Gasteiger partial charge in [-0.3, -0.25) is 9.89 Å². The van der Waals surface area contributed by atoms with Gasteiger partial charge in [-0.1, -0.05) is 13.8 Å². The van der Waals surface area contributed by atoms with Crippen LogP contribution in [0, 0.1) is 30.0 Å². The molecule has 0 aromatic carbocycles. The summed E-state index contributed by atoms with van der Waals surface area (Å²) in [5.41, 5.74) is 0.163. The highest BCUT2D eigenvalue weighted by Gasteiger charge is 2.60. The van der Waals surface area contributed by atoms with Crippen LogP contribution in [0.1, 0.15) is 70.2 Å². The molecule has 4 saturated carbocycles. The third-order valence-corrected chi connectivity index (χ3v) is 7.64. The summed E-state index contributed by atoms with van der Waals surface area (Å²) in [6, 6.07) is 1.82. The lowest BCUT2D eigenvalue weighted by Gasteiger charge is -2.63. The molecular weight excluding hydrogens is 439 g/mol. The molecule has 2 aromatic rings. The van der Waals surface area contributed by atoms with Crippen molar-refractivity contribution in [2.24, 2.45) is 17.3 Å². The summed E-state index contributed by atoms with van der Waals surface area (Å²) in [5.74, 6) is 0.458. The first-order valence-corrected chi connectivity index (χ1v) is 12.2. The highest BCUT2D eigenvalue weighted by Crippen LogP contribution is 2.61. The van der Waals surface area contributed by atoms with Crippen LogP contribution in [0.4, 0.5) is 22.0 Å². The number of nitrogens with one attached hydrogen (secondary N) is 3. The fourth-order valence-electron chi connectivity index (χ4n) is 6.74. The van der Waals surface area contributed by atoms with Gasteiger partial charge in [0.1, 0.15) is 12.3 Å². The van der Waals surface area contributed by atoms with E-state index in [4.69, 9.17) is 4.74 Å². The Balaban J connectivity index is 1.43. The maximum atomic E-state index is 15.3. The van der Waals surface area contributed by atoms with Crippen LogP contribution in [0.3, 0.4) is 0 Å². The molecular formula is C24H33FN6O3. The minimum Gasteiger partial charge on any atom is -0.459 e. The predicted octanol–water partition coefficient (Wildman–Crippen LogP) is 3.98. The summed E-state index contributed by atoms with van der Waals surface area (Å²) in [4.78, 5) is 20.7. The molecule has 10 heteroatoms. The molecule has 0 saturated heterocycles. The summed E-state index contributed by atoms with van der Waals surface area (Å²) in [5, 5.41) is 24.4. The number of rotatable bonds is 8. The van der Waals surface area contributed by atoms with Gasteiger partial charge < -0.3 is 20.5 Å². The van der Waals surface area contributed by atoms with Crippen LogP contribution in [0.5, 0.6) is 0 Å². The van der Waals surface area contributed by atoms with Crippen LogP contribution in [0.2, 0.25) is 0 Å². The molecule has 34 heavy (non-hydrogen) atoms. The Morgan fingerprint density at radius 3 is 2.85 bits per heavy atom. The van der Waals surface area contributed by atoms with Crippen LogP contribution in [-0.4, -0.2) is 42.9 Å². The number of halogens is 1. The van der Waals surface area contributed by atoms with Gasteiger partial charge in [-0.2, -0.15) is 10.1 Å². The second kappa shape index (κ2) is 8.48. The molecule has 2 aromatic heterocycles. The lowest BCUT2D eigenvalue weighted by Crippen LogP contribution is -2.63. The molecule has 0 radical (unpaired) electrons. The molecule has 4 N–H and O–H groups in total. The van der Waals surface area contributed by atoms with Crippen LogP contribution >= 0.6 is 0 Å². The second-order valence-electron chi connectivity index (χ2n) is 10.8. The largest absolute Gasteiger partial charge is 0.459 e. The molecule has 4 aliphatic carbocycles. The standard InChI is InChI=1S/C24H33FN6O3/c1-4-5-18(32)34-11-16-19(25)21(27-17-6-13(2)30-31-17)29-22(26-16)28-20-15-7-14-8-23(20,3)12-24(33,9-14)10-15/h6,14-15,20,33H,4-5,7-12H2,1-3H3,(H3,26,27,28,29,30,31). The fourth-order valence-corrected chi connectivity index (χ4v) is 6.74. The Kier molecular flexibility index (Phi) is 5.74. The quantitative estimate of drug-likeness (QED) is 0.425. The summed E-state index contributed by atoms with van der Waals surface area (Å²) < 4.78 is 20.5. The number of ether oxygens (including phenoxy) is 1. The molecule has 184 valence electrons. The smallest absolute Gasteiger partial charge is 0.306 e. The van der Waals surface area contributed by atoms with Crippen molar-refractivity contribution < 1.29 is 19.0 Å². The number of esters is 1. The van der Waals surface area contributed by atoms with Gasteiger partial charge in [0.15, 0.2) is 17.5 Å². The monoisotopic (exact) mass is 472 g/mol. The molecule has 4 fully saturated rings. The van der Waals surface area contributed by atoms with E-state index in [1.165, 1.54) is 0 Å². The summed E-state index contributed by atoms with van der Waals surface area (Å²) >= 11 is 0. The van der Waals surface area contributed by atoms with Crippen LogP contribution in [-0.2, 0) is 16.1 Å². The Labute approximate surface area is 198 Å². The molecule has 4 aliphatic rings. The maximum absolute atomic E-state index is 15.3. The number of hydrogen-bond acceptors (Lipinski definition) is 8. The van der Waals surface area contributed by atoms with Crippen molar-refractivity contribution in [3.05, 3.63) is 23.3 Å². The topological polar surface area (TPSA) is 125 Å². The normalized spacial score (nSPS) is 31.5. The van der Waals surface area contributed by atoms with Crippen molar-refractivity contribution in [3.8, 4) is 0 Å². The summed E-state index contributed by atoms with van der Waals surface area (Å²) in [6.07, 6.45) is 5.42. The Morgan fingerprint density at radius 2 is 2.18 bits per heavy atom. The lowest BCUT2D eigenvalue weighted by molar-refractivity contribution is -0.163. The van der Waals surface area contributed by atoms with E-state index in [9.17, 15) is 9.90 Å². The molecule has 0 spiro atoms. The number of carbonyl (C=O) groups excluding carboxylic acids is 1. The van der Waals surface area contributed by atoms with Crippen molar-refractivity contribution in [1.29, 1.82) is 0 Å². The van der Waals surface area contributed by atoms with E-state index in [-0.39, 0.29) is 41.9 Å².